The Morgan fingerprint density at radius 3 is 2.44 bits per heavy atom. The molecule has 0 fully saturated rings. The minimum absolute atomic E-state index is 0.0485. The molecule has 0 bridgehead atoms. The third kappa shape index (κ3) is 5.63. The van der Waals surface area contributed by atoms with Crippen LogP contribution in [0.2, 0.25) is 5.02 Å². The number of nitrogens with zero attached hydrogens (tertiary/aromatic N) is 1. The molecule has 36 heavy (non-hydrogen) atoms. The Labute approximate surface area is 212 Å². The number of aliphatic carboxylic acids is 1. The van der Waals surface area contributed by atoms with Gasteiger partial charge in [-0.05, 0) is 43.2 Å². The van der Waals surface area contributed by atoms with E-state index in [1.807, 2.05) is 6.07 Å². The van der Waals surface area contributed by atoms with Gasteiger partial charge in [0.2, 0.25) is 0 Å². The molecule has 6 nitrogen and oxygen atoms in total. The maximum Gasteiger partial charge on any atom is 0.311 e. The van der Waals surface area contributed by atoms with Crippen molar-refractivity contribution in [2.24, 2.45) is 0 Å². The summed E-state index contributed by atoms with van der Waals surface area (Å²) in [6.07, 6.45) is -0.773. The van der Waals surface area contributed by atoms with Crippen molar-refractivity contribution in [2.45, 2.75) is 32.8 Å². The standard InChI is InChI=1S/C28H23ClFNO5/c1-16-22(15-27(34)35-17(2)21-5-3-4-6-24(21)29)28(36-31-16)20-10-8-19(9-11-20)23-13-18(14-26(32)33)7-12-25(23)30/h3-13,17H,14-15H2,1-2H3,(H,32,33). The van der Waals surface area contributed by atoms with Crippen molar-refractivity contribution in [3.8, 4) is 22.5 Å². The summed E-state index contributed by atoms with van der Waals surface area (Å²) >= 11 is 6.21. The predicted molar refractivity (Wildman–Crippen MR) is 133 cm³/mol. The number of aromatic nitrogens is 1. The van der Waals surface area contributed by atoms with Gasteiger partial charge < -0.3 is 14.4 Å². The molecule has 0 saturated carbocycles. The number of hydrogen-bond acceptors (Lipinski definition) is 5. The molecular formula is C28H23ClFNO5. The number of ether oxygens (including phenoxy) is 1. The first-order valence-electron chi connectivity index (χ1n) is 11.2. The highest BCUT2D eigenvalue weighted by Gasteiger charge is 2.21. The van der Waals surface area contributed by atoms with Gasteiger partial charge in [-0.2, -0.15) is 0 Å². The van der Waals surface area contributed by atoms with E-state index >= 15 is 0 Å². The van der Waals surface area contributed by atoms with E-state index < -0.39 is 23.9 Å². The first kappa shape index (κ1) is 25.1. The van der Waals surface area contributed by atoms with Gasteiger partial charge in [-0.15, -0.1) is 0 Å². The molecule has 4 aromatic rings. The van der Waals surface area contributed by atoms with E-state index in [0.717, 1.165) is 0 Å². The third-order valence-electron chi connectivity index (χ3n) is 5.80. The van der Waals surface area contributed by atoms with Crippen LogP contribution in [0.5, 0.6) is 0 Å². The van der Waals surface area contributed by atoms with Crippen LogP contribution in [0.25, 0.3) is 22.5 Å². The number of carbonyl (C=O) groups is 2. The highest BCUT2D eigenvalue weighted by Crippen LogP contribution is 2.31. The van der Waals surface area contributed by atoms with Crippen molar-refractivity contribution >= 4 is 23.5 Å². The summed E-state index contributed by atoms with van der Waals surface area (Å²) in [6, 6.07) is 18.3. The Morgan fingerprint density at radius 1 is 1.06 bits per heavy atom. The van der Waals surface area contributed by atoms with Gasteiger partial charge in [0.05, 0.1) is 18.5 Å². The normalized spacial score (nSPS) is 11.8. The molecule has 0 aliphatic carbocycles. The van der Waals surface area contributed by atoms with E-state index in [0.29, 0.717) is 49.9 Å². The molecule has 0 aliphatic rings. The number of rotatable bonds is 8. The summed E-state index contributed by atoms with van der Waals surface area (Å²) in [5.74, 6) is -1.48. The zero-order chi connectivity index (χ0) is 25.8. The zero-order valence-corrected chi connectivity index (χ0v) is 20.4. The molecule has 0 saturated heterocycles. The van der Waals surface area contributed by atoms with Crippen LogP contribution in [-0.2, 0) is 27.2 Å². The van der Waals surface area contributed by atoms with E-state index in [2.05, 4.69) is 5.16 Å². The highest BCUT2D eigenvalue weighted by molar-refractivity contribution is 6.31. The van der Waals surface area contributed by atoms with E-state index in [4.69, 9.17) is 26.0 Å². The van der Waals surface area contributed by atoms with Gasteiger partial charge in [0.1, 0.15) is 11.9 Å². The fourth-order valence-corrected chi connectivity index (χ4v) is 4.24. The lowest BCUT2D eigenvalue weighted by atomic mass is 9.98. The number of esters is 1. The van der Waals surface area contributed by atoms with E-state index in [1.165, 1.54) is 18.2 Å². The summed E-state index contributed by atoms with van der Waals surface area (Å²) in [5.41, 5.74) is 3.90. The van der Waals surface area contributed by atoms with Gasteiger partial charge in [-0.3, -0.25) is 9.59 Å². The Kier molecular flexibility index (Phi) is 7.50. The molecule has 0 amide bonds. The number of aryl methyl sites for hydroxylation is 1. The molecular weight excluding hydrogens is 485 g/mol. The lowest BCUT2D eigenvalue weighted by molar-refractivity contribution is -0.147. The van der Waals surface area contributed by atoms with Gasteiger partial charge in [-0.25, -0.2) is 4.39 Å². The minimum atomic E-state index is -0.990. The van der Waals surface area contributed by atoms with Crippen molar-refractivity contribution in [1.29, 1.82) is 0 Å². The summed E-state index contributed by atoms with van der Waals surface area (Å²) in [6.45, 7) is 3.49. The van der Waals surface area contributed by atoms with Crippen LogP contribution < -0.4 is 0 Å². The fraction of sp³-hybridized carbons (Fsp3) is 0.179. The average molecular weight is 508 g/mol. The predicted octanol–water partition coefficient (Wildman–Crippen LogP) is 6.58. The van der Waals surface area contributed by atoms with Crippen molar-refractivity contribution in [1.82, 2.24) is 5.16 Å². The van der Waals surface area contributed by atoms with E-state index in [-0.39, 0.29) is 12.8 Å². The summed E-state index contributed by atoms with van der Waals surface area (Å²) in [5, 5.41) is 13.5. The summed E-state index contributed by atoms with van der Waals surface area (Å²) < 4.78 is 25.5. The zero-order valence-electron chi connectivity index (χ0n) is 19.6. The van der Waals surface area contributed by atoms with Gasteiger partial charge in [0, 0.05) is 27.3 Å². The van der Waals surface area contributed by atoms with E-state index in [1.54, 1.807) is 56.3 Å². The molecule has 0 aliphatic heterocycles. The van der Waals surface area contributed by atoms with Crippen molar-refractivity contribution in [3.05, 3.63) is 100.0 Å². The van der Waals surface area contributed by atoms with Crippen LogP contribution >= 0.6 is 11.6 Å². The molecule has 1 N–H and O–H groups in total. The molecule has 1 unspecified atom stereocenters. The molecule has 184 valence electrons. The maximum absolute atomic E-state index is 14.4. The third-order valence-corrected chi connectivity index (χ3v) is 6.15. The number of halogens is 2. The number of hydrogen-bond donors (Lipinski definition) is 1. The summed E-state index contributed by atoms with van der Waals surface area (Å²) in [7, 11) is 0. The molecule has 1 heterocycles. The molecule has 0 spiro atoms. The number of carbonyl (C=O) groups excluding carboxylic acids is 1. The molecule has 1 atom stereocenters. The van der Waals surface area contributed by atoms with Crippen LogP contribution in [0.4, 0.5) is 4.39 Å². The second kappa shape index (κ2) is 10.7. The monoisotopic (exact) mass is 507 g/mol. The minimum Gasteiger partial charge on any atom is -0.481 e. The largest absolute Gasteiger partial charge is 0.481 e. The second-order valence-corrected chi connectivity index (χ2v) is 8.78. The van der Waals surface area contributed by atoms with Crippen LogP contribution in [0.1, 0.15) is 35.4 Å². The first-order chi connectivity index (χ1) is 17.2. The Bertz CT molecular complexity index is 1410. The van der Waals surface area contributed by atoms with Crippen molar-refractivity contribution in [2.75, 3.05) is 0 Å². The SMILES string of the molecule is Cc1noc(-c2ccc(-c3cc(CC(=O)O)ccc3F)cc2)c1CC(=O)OC(C)c1ccccc1Cl. The fourth-order valence-electron chi connectivity index (χ4n) is 3.95. The lowest BCUT2D eigenvalue weighted by Gasteiger charge is -2.15. The van der Waals surface area contributed by atoms with Crippen LogP contribution in [0, 0.1) is 12.7 Å². The van der Waals surface area contributed by atoms with Crippen LogP contribution in [0.15, 0.2) is 71.3 Å². The molecule has 8 heteroatoms. The average Bonchev–Trinajstić information content (AvgIpc) is 3.20. The lowest BCUT2D eigenvalue weighted by Crippen LogP contribution is -2.12. The smallest absolute Gasteiger partial charge is 0.311 e. The number of benzene rings is 3. The first-order valence-corrected chi connectivity index (χ1v) is 11.6. The Hall–Kier alpha value is -3.97. The Balaban J connectivity index is 1.53. The van der Waals surface area contributed by atoms with Gasteiger partial charge >= 0.3 is 11.9 Å². The molecule has 1 aromatic heterocycles. The maximum atomic E-state index is 14.4. The Morgan fingerprint density at radius 2 is 1.75 bits per heavy atom. The second-order valence-electron chi connectivity index (χ2n) is 8.37. The number of carboxylic acids is 1. The van der Waals surface area contributed by atoms with Crippen molar-refractivity contribution in [3.63, 3.8) is 0 Å². The highest BCUT2D eigenvalue weighted by atomic mass is 35.5. The van der Waals surface area contributed by atoms with Gasteiger partial charge in [0.25, 0.3) is 0 Å². The molecule has 0 radical (unpaired) electrons. The van der Waals surface area contributed by atoms with Crippen molar-refractivity contribution < 1.29 is 28.3 Å². The number of carboxylic acid groups (broad SMARTS) is 1. The summed E-state index contributed by atoms with van der Waals surface area (Å²) in [4.78, 5) is 23.7. The quantitative estimate of drug-likeness (QED) is 0.271. The van der Waals surface area contributed by atoms with Crippen LogP contribution in [-0.4, -0.2) is 22.2 Å². The van der Waals surface area contributed by atoms with Crippen LogP contribution in [0.3, 0.4) is 0 Å². The topological polar surface area (TPSA) is 89.6 Å². The molecule has 4 rings (SSSR count). The van der Waals surface area contributed by atoms with Gasteiger partial charge in [0.15, 0.2) is 5.76 Å². The molecule has 3 aromatic carbocycles. The van der Waals surface area contributed by atoms with Gasteiger partial charge in [-0.1, -0.05) is 65.3 Å². The van der Waals surface area contributed by atoms with E-state index in [9.17, 15) is 14.0 Å².